The first-order valence-corrected chi connectivity index (χ1v) is 6.51. The highest BCUT2D eigenvalue weighted by molar-refractivity contribution is 5.96. The Labute approximate surface area is 143 Å². The van der Waals surface area contributed by atoms with E-state index in [0.717, 1.165) is 17.4 Å². The minimum absolute atomic E-state index is 0.503. The zero-order valence-corrected chi connectivity index (χ0v) is 12.8. The molecule has 0 spiro atoms. The Balaban J connectivity index is 3.27. The van der Waals surface area contributed by atoms with Crippen LogP contribution in [0.1, 0.15) is 5.56 Å². The molecule has 1 N–H and O–H groups in total. The van der Waals surface area contributed by atoms with Crippen LogP contribution in [0.15, 0.2) is 24.3 Å². The third-order valence-corrected chi connectivity index (χ3v) is 2.96. The molecule has 1 rings (SSSR count). The van der Waals surface area contributed by atoms with Crippen molar-refractivity contribution >= 4 is 11.6 Å². The van der Waals surface area contributed by atoms with Crippen molar-refractivity contribution in [3.63, 3.8) is 0 Å². The predicted molar refractivity (Wildman–Crippen MR) is 66.7 cm³/mol. The zero-order valence-electron chi connectivity index (χ0n) is 12.8. The molecule has 1 aromatic rings. The number of aryl methyl sites for hydroxylation is 1. The number of anilines is 1. The second kappa shape index (κ2) is 6.80. The van der Waals surface area contributed by atoms with E-state index in [1.807, 2.05) is 0 Å². The van der Waals surface area contributed by atoms with Crippen LogP contribution in [0.4, 0.5) is 54.0 Å². The molecule has 0 fully saturated rings. The van der Waals surface area contributed by atoms with Crippen molar-refractivity contribution in [2.24, 2.45) is 0 Å². The number of benzene rings is 1. The minimum atomic E-state index is -7.23. The summed E-state index contributed by atoms with van der Waals surface area (Å²) >= 11 is 0. The van der Waals surface area contributed by atoms with Gasteiger partial charge in [0.2, 0.25) is 0 Å². The molecule has 14 heteroatoms. The molecule has 0 aromatic heterocycles. The lowest BCUT2D eigenvalue weighted by Crippen LogP contribution is -2.62. The second-order valence-corrected chi connectivity index (χ2v) is 5.10. The molecular formula is C13H8F11NO2. The molecular weight excluding hydrogens is 411 g/mol. The first-order valence-electron chi connectivity index (χ1n) is 6.51. The van der Waals surface area contributed by atoms with Crippen LogP contribution in [0.25, 0.3) is 0 Å². The van der Waals surface area contributed by atoms with Gasteiger partial charge in [0.05, 0.1) is 0 Å². The molecule has 0 unspecified atom stereocenters. The largest absolute Gasteiger partial charge is 0.462 e. The summed E-state index contributed by atoms with van der Waals surface area (Å²) < 4.78 is 142. The fourth-order valence-electron chi connectivity index (χ4n) is 1.49. The summed E-state index contributed by atoms with van der Waals surface area (Å²) in [5.41, 5.74) is -0.102. The fraction of sp³-hybridized carbons (Fsp3) is 0.462. The maximum absolute atomic E-state index is 13.9. The van der Waals surface area contributed by atoms with Gasteiger partial charge in [-0.1, -0.05) is 17.7 Å². The number of hydrogen-bond donors (Lipinski definition) is 1. The van der Waals surface area contributed by atoms with E-state index in [2.05, 4.69) is 4.74 Å². The van der Waals surface area contributed by atoms with Crippen molar-refractivity contribution in [3.8, 4) is 0 Å². The van der Waals surface area contributed by atoms with Crippen LogP contribution in [-0.4, -0.2) is 36.1 Å². The first kappa shape index (κ1) is 22.9. The summed E-state index contributed by atoms with van der Waals surface area (Å²) in [4.78, 5) is 11.4. The minimum Gasteiger partial charge on any atom is -0.321 e. The molecule has 3 nitrogen and oxygen atoms in total. The van der Waals surface area contributed by atoms with Crippen molar-refractivity contribution in [3.05, 3.63) is 29.8 Å². The van der Waals surface area contributed by atoms with Crippen molar-refractivity contribution in [2.75, 3.05) is 5.32 Å². The highest BCUT2D eigenvalue weighted by Gasteiger charge is 2.79. The topological polar surface area (TPSA) is 38.3 Å². The van der Waals surface area contributed by atoms with Gasteiger partial charge in [-0.25, -0.2) is 0 Å². The molecule has 1 atom stereocenters. The second-order valence-electron chi connectivity index (χ2n) is 5.10. The maximum atomic E-state index is 13.9. The smallest absolute Gasteiger partial charge is 0.321 e. The van der Waals surface area contributed by atoms with Gasteiger partial charge in [-0.05, 0) is 19.1 Å². The Morgan fingerprint density at radius 2 is 1.26 bits per heavy atom. The highest BCUT2D eigenvalue weighted by atomic mass is 19.4. The van der Waals surface area contributed by atoms with Crippen molar-refractivity contribution < 1.29 is 57.8 Å². The lowest BCUT2D eigenvalue weighted by molar-refractivity contribution is -0.472. The predicted octanol–water partition coefficient (Wildman–Crippen LogP) is 4.97. The molecule has 1 amide bonds. The molecule has 0 saturated heterocycles. The monoisotopic (exact) mass is 419 g/mol. The Morgan fingerprint density at radius 3 is 1.63 bits per heavy atom. The Morgan fingerprint density at radius 1 is 0.815 bits per heavy atom. The number of ether oxygens (including phenoxy) is 1. The number of hydrogen-bond acceptors (Lipinski definition) is 2. The van der Waals surface area contributed by atoms with Gasteiger partial charge in [-0.3, -0.25) is 9.53 Å². The SMILES string of the molecule is Cc1ccc(NC(=O)[C@@](F)(OC(F)(F)C(F)(F)C(F)(F)F)C(F)(F)F)cc1. The highest BCUT2D eigenvalue weighted by Crippen LogP contribution is 2.51. The molecule has 0 bridgehead atoms. The van der Waals surface area contributed by atoms with Crippen molar-refractivity contribution in [1.29, 1.82) is 0 Å². The summed E-state index contributed by atoms with van der Waals surface area (Å²) in [6.07, 6.45) is -20.9. The van der Waals surface area contributed by atoms with E-state index in [1.54, 1.807) is 0 Å². The number of alkyl halides is 11. The van der Waals surface area contributed by atoms with Gasteiger partial charge in [-0.15, -0.1) is 0 Å². The van der Waals surface area contributed by atoms with Gasteiger partial charge < -0.3 is 5.32 Å². The number of nitrogens with one attached hydrogen (secondary N) is 1. The van der Waals surface area contributed by atoms with E-state index < -0.39 is 41.8 Å². The summed E-state index contributed by atoms with van der Waals surface area (Å²) in [5, 5.41) is 1.11. The third-order valence-electron chi connectivity index (χ3n) is 2.96. The number of halogens is 11. The lowest BCUT2D eigenvalue weighted by atomic mass is 10.2. The van der Waals surface area contributed by atoms with Crippen LogP contribution in [0.5, 0.6) is 0 Å². The molecule has 27 heavy (non-hydrogen) atoms. The number of amides is 1. The zero-order chi connectivity index (χ0) is 21.5. The van der Waals surface area contributed by atoms with Crippen LogP contribution in [-0.2, 0) is 9.53 Å². The van der Waals surface area contributed by atoms with Crippen LogP contribution in [0, 0.1) is 6.92 Å². The molecule has 154 valence electrons. The van der Waals surface area contributed by atoms with Gasteiger partial charge in [0, 0.05) is 5.69 Å². The Kier molecular flexibility index (Phi) is 5.77. The summed E-state index contributed by atoms with van der Waals surface area (Å²) in [6, 6.07) is 4.12. The molecule has 0 radical (unpaired) electrons. The molecule has 0 aliphatic heterocycles. The van der Waals surface area contributed by atoms with Gasteiger partial charge in [0.1, 0.15) is 0 Å². The van der Waals surface area contributed by atoms with Crippen LogP contribution in [0.2, 0.25) is 0 Å². The van der Waals surface area contributed by atoms with Crippen molar-refractivity contribution in [1.82, 2.24) is 0 Å². The van der Waals surface area contributed by atoms with Crippen LogP contribution >= 0.6 is 0 Å². The first-order chi connectivity index (χ1) is 11.8. The standard InChI is InChI=1S/C13H8F11NO2/c1-6-2-4-7(5-3-6)25-8(26)9(14,11(17,18)19)27-13(23,24)10(15,16)12(20,21)22/h2-5H,1H3,(H,25,26)/t9-/m1/s1. The summed E-state index contributed by atoms with van der Waals surface area (Å²) in [5.74, 6) is -16.5. The van der Waals surface area contributed by atoms with Crippen LogP contribution in [0.3, 0.4) is 0 Å². The van der Waals surface area contributed by atoms with E-state index in [1.165, 1.54) is 19.1 Å². The lowest BCUT2D eigenvalue weighted by Gasteiger charge is -2.34. The maximum Gasteiger partial charge on any atom is 0.462 e. The average molecular weight is 419 g/mol. The normalized spacial score (nSPS) is 16.0. The van der Waals surface area contributed by atoms with Crippen molar-refractivity contribution in [2.45, 2.75) is 37.2 Å². The van der Waals surface area contributed by atoms with Gasteiger partial charge in [0.25, 0.3) is 5.91 Å². The number of rotatable bonds is 5. The van der Waals surface area contributed by atoms with Gasteiger partial charge in [0.15, 0.2) is 0 Å². The molecule has 1 aromatic carbocycles. The third kappa shape index (κ3) is 4.42. The van der Waals surface area contributed by atoms with E-state index in [4.69, 9.17) is 0 Å². The number of carbonyl (C=O) groups excluding carboxylic acids is 1. The summed E-state index contributed by atoms with van der Waals surface area (Å²) in [6.45, 7) is 1.49. The fourth-order valence-corrected chi connectivity index (χ4v) is 1.49. The number of carbonyl (C=O) groups is 1. The summed E-state index contributed by atoms with van der Waals surface area (Å²) in [7, 11) is 0. The average Bonchev–Trinajstić information content (AvgIpc) is 2.46. The molecule has 0 heterocycles. The van der Waals surface area contributed by atoms with Gasteiger partial charge >= 0.3 is 30.2 Å². The molecule has 0 aliphatic rings. The quantitative estimate of drug-likeness (QED) is 0.685. The van der Waals surface area contributed by atoms with E-state index in [0.29, 0.717) is 5.56 Å². The molecule has 0 aliphatic carbocycles. The Hall–Kier alpha value is -2.12. The van der Waals surface area contributed by atoms with Gasteiger partial charge in [-0.2, -0.15) is 48.3 Å². The van der Waals surface area contributed by atoms with E-state index in [-0.39, 0.29) is 0 Å². The van der Waals surface area contributed by atoms with Crippen LogP contribution < -0.4 is 5.32 Å². The molecule has 0 saturated carbocycles. The van der Waals surface area contributed by atoms with E-state index >= 15 is 0 Å². The Bertz CT molecular complexity index is 681. The van der Waals surface area contributed by atoms with E-state index in [9.17, 15) is 53.1 Å².